The number of nitrogens with one attached hydrogen (secondary N) is 1. The van der Waals surface area contributed by atoms with E-state index < -0.39 is 9.84 Å². The van der Waals surface area contributed by atoms with E-state index in [0.717, 1.165) is 25.7 Å². The second-order valence-corrected chi connectivity index (χ2v) is 8.38. The molecule has 0 aromatic heterocycles. The van der Waals surface area contributed by atoms with Crippen molar-refractivity contribution in [1.82, 2.24) is 0 Å². The highest BCUT2D eigenvalue weighted by molar-refractivity contribution is 7.90. The average molecular weight is 340 g/mol. The predicted octanol–water partition coefficient (Wildman–Crippen LogP) is 1.57. The van der Waals surface area contributed by atoms with E-state index in [2.05, 4.69) is 5.32 Å². The number of amides is 1. The Bertz CT molecular complexity index is 645. The van der Waals surface area contributed by atoms with Crippen LogP contribution in [0.1, 0.15) is 25.7 Å². The van der Waals surface area contributed by atoms with Gasteiger partial charge in [0.25, 0.3) is 0 Å². The molecule has 1 fully saturated rings. The molecule has 23 heavy (non-hydrogen) atoms. The summed E-state index contributed by atoms with van der Waals surface area (Å²) in [5.41, 5.74) is 6.57. The van der Waals surface area contributed by atoms with Gasteiger partial charge in [-0.25, -0.2) is 8.42 Å². The molecule has 1 aromatic carbocycles. The zero-order valence-corrected chi connectivity index (χ0v) is 14.1. The summed E-state index contributed by atoms with van der Waals surface area (Å²) >= 11 is 0. The minimum absolute atomic E-state index is 0.0200. The molecule has 128 valence electrons. The van der Waals surface area contributed by atoms with Gasteiger partial charge in [-0.3, -0.25) is 4.79 Å². The fourth-order valence-corrected chi connectivity index (χ4v) is 3.07. The van der Waals surface area contributed by atoms with Crippen LogP contribution in [-0.2, 0) is 14.6 Å². The number of benzene rings is 1. The van der Waals surface area contributed by atoms with E-state index in [1.54, 1.807) is 24.3 Å². The van der Waals surface area contributed by atoms with E-state index in [1.807, 2.05) is 0 Å². The van der Waals surface area contributed by atoms with Crippen molar-refractivity contribution in [2.75, 3.05) is 23.9 Å². The molecular formula is C16H24N2O4S. The van der Waals surface area contributed by atoms with Gasteiger partial charge in [-0.1, -0.05) is 12.5 Å². The maximum absolute atomic E-state index is 12.3. The third-order valence-electron chi connectivity index (χ3n) is 3.91. The van der Waals surface area contributed by atoms with E-state index in [9.17, 15) is 13.2 Å². The van der Waals surface area contributed by atoms with Crippen molar-refractivity contribution >= 4 is 21.4 Å². The molecular weight excluding hydrogens is 316 g/mol. The summed E-state index contributed by atoms with van der Waals surface area (Å²) in [6, 6.07) is 7.07. The minimum Gasteiger partial charge on any atom is -0.492 e. The number of hydrogen-bond donors (Lipinski definition) is 2. The molecule has 6 nitrogen and oxygen atoms in total. The number of sulfone groups is 1. The lowest BCUT2D eigenvalue weighted by Gasteiger charge is -2.25. The Morgan fingerprint density at radius 2 is 2.17 bits per heavy atom. The van der Waals surface area contributed by atoms with Gasteiger partial charge >= 0.3 is 0 Å². The monoisotopic (exact) mass is 340 g/mol. The van der Waals surface area contributed by atoms with Crippen molar-refractivity contribution in [3.05, 3.63) is 24.3 Å². The van der Waals surface area contributed by atoms with Crippen LogP contribution in [0.25, 0.3) is 0 Å². The fraction of sp³-hybridized carbons (Fsp3) is 0.562. The molecule has 1 amide bonds. The molecule has 3 N–H and O–H groups in total. The van der Waals surface area contributed by atoms with Gasteiger partial charge in [0.2, 0.25) is 5.91 Å². The fourth-order valence-electron chi connectivity index (χ4n) is 2.68. The van der Waals surface area contributed by atoms with E-state index in [0.29, 0.717) is 11.4 Å². The highest BCUT2D eigenvalue weighted by atomic mass is 32.2. The van der Waals surface area contributed by atoms with Crippen LogP contribution >= 0.6 is 0 Å². The summed E-state index contributed by atoms with van der Waals surface area (Å²) < 4.78 is 27.6. The molecule has 1 aliphatic rings. The number of carbonyl (C=O) groups excluding carboxylic acids is 1. The van der Waals surface area contributed by atoms with Crippen molar-refractivity contribution in [3.8, 4) is 5.75 Å². The highest BCUT2D eigenvalue weighted by Gasteiger charge is 2.25. The molecule has 1 aliphatic carbocycles. The molecule has 2 atom stereocenters. The van der Waals surface area contributed by atoms with Crippen LogP contribution in [0.5, 0.6) is 5.75 Å². The molecule has 0 radical (unpaired) electrons. The number of ether oxygens (including phenoxy) is 1. The first-order valence-corrected chi connectivity index (χ1v) is 9.86. The van der Waals surface area contributed by atoms with Gasteiger partial charge in [0.1, 0.15) is 12.4 Å². The summed E-state index contributed by atoms with van der Waals surface area (Å²) in [5, 5.41) is 2.89. The molecule has 0 aliphatic heterocycles. The van der Waals surface area contributed by atoms with Gasteiger partial charge in [0, 0.05) is 30.0 Å². The Morgan fingerprint density at radius 1 is 1.39 bits per heavy atom. The number of hydrogen-bond acceptors (Lipinski definition) is 5. The average Bonchev–Trinajstić information content (AvgIpc) is 2.46. The van der Waals surface area contributed by atoms with Gasteiger partial charge in [-0.05, 0) is 31.4 Å². The Kier molecular flexibility index (Phi) is 6.01. The molecule has 1 saturated carbocycles. The Hall–Kier alpha value is -1.60. The van der Waals surface area contributed by atoms with E-state index in [4.69, 9.17) is 10.5 Å². The van der Waals surface area contributed by atoms with Crippen molar-refractivity contribution in [2.24, 2.45) is 11.7 Å². The van der Waals surface area contributed by atoms with E-state index in [1.165, 1.54) is 6.26 Å². The first-order valence-electron chi connectivity index (χ1n) is 7.80. The van der Waals surface area contributed by atoms with Crippen molar-refractivity contribution < 1.29 is 17.9 Å². The number of carbonyl (C=O) groups is 1. The second-order valence-electron chi connectivity index (χ2n) is 6.12. The number of nitrogens with two attached hydrogens (primary N) is 1. The Balaban J connectivity index is 1.90. The van der Waals surface area contributed by atoms with Crippen molar-refractivity contribution in [2.45, 2.75) is 31.7 Å². The summed E-state index contributed by atoms with van der Waals surface area (Å²) in [6.45, 7) is 0.0910. The molecule has 0 spiro atoms. The smallest absolute Gasteiger partial charge is 0.227 e. The predicted molar refractivity (Wildman–Crippen MR) is 90.2 cm³/mol. The maximum atomic E-state index is 12.3. The van der Waals surface area contributed by atoms with Gasteiger partial charge in [-0.2, -0.15) is 0 Å². The second kappa shape index (κ2) is 7.79. The zero-order chi connectivity index (χ0) is 16.9. The lowest BCUT2D eigenvalue weighted by molar-refractivity contribution is -0.120. The summed E-state index contributed by atoms with van der Waals surface area (Å²) in [6.07, 6.45) is 4.71. The third-order valence-corrected chi connectivity index (χ3v) is 4.82. The minimum atomic E-state index is -3.05. The third kappa shape index (κ3) is 6.19. The van der Waals surface area contributed by atoms with Crippen LogP contribution in [0.4, 0.5) is 5.69 Å². The molecule has 2 rings (SSSR count). The van der Waals surface area contributed by atoms with Crippen LogP contribution in [0.3, 0.4) is 0 Å². The van der Waals surface area contributed by atoms with Crippen molar-refractivity contribution in [3.63, 3.8) is 0 Å². The quantitative estimate of drug-likeness (QED) is 0.819. The van der Waals surface area contributed by atoms with Crippen LogP contribution < -0.4 is 15.8 Å². The first-order chi connectivity index (χ1) is 10.8. The van der Waals surface area contributed by atoms with Gasteiger partial charge in [-0.15, -0.1) is 0 Å². The standard InChI is InChI=1S/C16H24N2O4S/c1-23(20,21)9-8-22-15-7-3-6-14(11-15)18-16(19)12-4-2-5-13(17)10-12/h3,6-7,11-13H,2,4-5,8-10,17H2,1H3,(H,18,19). The first kappa shape index (κ1) is 17.7. The van der Waals surface area contributed by atoms with E-state index >= 15 is 0 Å². The molecule has 1 aromatic rings. The van der Waals surface area contributed by atoms with Crippen LogP contribution in [0, 0.1) is 5.92 Å². The molecule has 0 saturated heterocycles. The molecule has 0 heterocycles. The highest BCUT2D eigenvalue weighted by Crippen LogP contribution is 2.25. The summed E-state index contributed by atoms with van der Waals surface area (Å²) in [5.74, 6) is 0.428. The van der Waals surface area contributed by atoms with E-state index in [-0.39, 0.29) is 30.2 Å². The van der Waals surface area contributed by atoms with Gasteiger partial charge in [0.15, 0.2) is 9.84 Å². The summed E-state index contributed by atoms with van der Waals surface area (Å²) in [4.78, 5) is 12.3. The van der Waals surface area contributed by atoms with Crippen LogP contribution in [0.15, 0.2) is 24.3 Å². The van der Waals surface area contributed by atoms with Crippen molar-refractivity contribution in [1.29, 1.82) is 0 Å². The number of anilines is 1. The SMILES string of the molecule is CS(=O)(=O)CCOc1cccc(NC(=O)C2CCCC(N)C2)c1. The maximum Gasteiger partial charge on any atom is 0.227 e. The van der Waals surface area contributed by atoms with Gasteiger partial charge in [0.05, 0.1) is 5.75 Å². The number of rotatable bonds is 6. The lowest BCUT2D eigenvalue weighted by Crippen LogP contribution is -2.34. The molecule has 0 bridgehead atoms. The van der Waals surface area contributed by atoms with Crippen LogP contribution in [0.2, 0.25) is 0 Å². The Labute approximate surface area is 137 Å². The lowest BCUT2D eigenvalue weighted by atomic mass is 9.85. The van der Waals surface area contributed by atoms with Gasteiger partial charge < -0.3 is 15.8 Å². The normalized spacial score (nSPS) is 21.7. The summed E-state index contributed by atoms with van der Waals surface area (Å²) in [7, 11) is -3.05. The van der Waals surface area contributed by atoms with Crippen LogP contribution in [-0.4, -0.2) is 39.0 Å². The molecule has 2 unspecified atom stereocenters. The largest absolute Gasteiger partial charge is 0.492 e. The topological polar surface area (TPSA) is 98.5 Å². The zero-order valence-electron chi connectivity index (χ0n) is 13.3. The molecule has 7 heteroatoms. The Morgan fingerprint density at radius 3 is 2.87 bits per heavy atom.